The highest BCUT2D eigenvalue weighted by Gasteiger charge is 2.23. The predicted octanol–water partition coefficient (Wildman–Crippen LogP) is 2.88. The molecule has 0 N–H and O–H groups in total. The number of hydrogen-bond donors (Lipinski definition) is 0. The summed E-state index contributed by atoms with van der Waals surface area (Å²) in [5, 5.41) is 0. The van der Waals surface area contributed by atoms with Crippen LogP contribution in [0, 0.1) is 0 Å². The third-order valence-corrected chi connectivity index (χ3v) is 3.44. The van der Waals surface area contributed by atoms with Crippen LogP contribution in [0.1, 0.15) is 24.4 Å². The molecule has 0 fully saturated rings. The van der Waals surface area contributed by atoms with Gasteiger partial charge in [-0.05, 0) is 12.0 Å². The molecule has 0 amide bonds. The van der Waals surface area contributed by atoms with Crippen LogP contribution < -0.4 is 0 Å². The molecular formula is C9H12F2Si. The molecule has 1 aromatic carbocycles. The Morgan fingerprint density at radius 3 is 2.25 bits per heavy atom. The van der Waals surface area contributed by atoms with Gasteiger partial charge >= 0.3 is 9.46 Å². The molecule has 0 nitrogen and oxygen atoms in total. The van der Waals surface area contributed by atoms with Crippen LogP contribution in [-0.2, 0) is 0 Å². The second-order valence-corrected chi connectivity index (χ2v) is 4.23. The summed E-state index contributed by atoms with van der Waals surface area (Å²) in [5.41, 5.74) is 0.327. The Kier molecular flexibility index (Phi) is 3.41. The highest BCUT2D eigenvalue weighted by molar-refractivity contribution is 6.44. The Labute approximate surface area is 73.2 Å². The largest absolute Gasteiger partial charge is 0.418 e. The molecule has 66 valence electrons. The van der Waals surface area contributed by atoms with Crippen LogP contribution in [0.4, 0.5) is 8.22 Å². The van der Waals surface area contributed by atoms with Gasteiger partial charge in [0.05, 0.1) is 0 Å². The Hall–Kier alpha value is -0.703. The first-order valence-electron chi connectivity index (χ1n) is 4.08. The zero-order chi connectivity index (χ0) is 8.97. The quantitative estimate of drug-likeness (QED) is 0.503. The lowest BCUT2D eigenvalue weighted by molar-refractivity contribution is 0.603. The Balaban J connectivity index is 2.80. The molecule has 0 spiro atoms. The molecule has 1 atom stereocenters. The lowest BCUT2D eigenvalue weighted by Crippen LogP contribution is -2.12. The molecule has 1 unspecified atom stereocenters. The maximum atomic E-state index is 12.5. The summed E-state index contributed by atoms with van der Waals surface area (Å²) >= 11 is 0. The van der Waals surface area contributed by atoms with E-state index < -0.39 is 15.0 Å². The van der Waals surface area contributed by atoms with E-state index in [1.807, 2.05) is 25.1 Å². The second kappa shape index (κ2) is 4.35. The molecule has 1 rings (SSSR count). The van der Waals surface area contributed by atoms with Crippen LogP contribution in [0.3, 0.4) is 0 Å². The first-order chi connectivity index (χ1) is 5.75. The Morgan fingerprint density at radius 2 is 1.83 bits per heavy atom. The molecular weight excluding hydrogens is 174 g/mol. The van der Waals surface area contributed by atoms with Gasteiger partial charge in [0.1, 0.15) is 0 Å². The summed E-state index contributed by atoms with van der Waals surface area (Å²) in [7, 11) is -3.51. The highest BCUT2D eigenvalue weighted by atomic mass is 28.4. The number of rotatable bonds is 3. The lowest BCUT2D eigenvalue weighted by Gasteiger charge is -2.11. The van der Waals surface area contributed by atoms with E-state index in [0.29, 0.717) is 6.42 Å². The summed E-state index contributed by atoms with van der Waals surface area (Å²) in [6.45, 7) is 1.82. The molecule has 0 aliphatic heterocycles. The smallest absolute Gasteiger partial charge is 0.274 e. The van der Waals surface area contributed by atoms with Gasteiger partial charge in [0.2, 0.25) is 0 Å². The van der Waals surface area contributed by atoms with E-state index >= 15 is 0 Å². The van der Waals surface area contributed by atoms with Crippen molar-refractivity contribution in [3.05, 3.63) is 35.9 Å². The van der Waals surface area contributed by atoms with Crippen LogP contribution >= 0.6 is 0 Å². The average molecular weight is 186 g/mol. The van der Waals surface area contributed by atoms with Crippen LogP contribution in [0.15, 0.2) is 30.3 Å². The lowest BCUT2D eigenvalue weighted by atomic mass is 10.1. The third-order valence-electron chi connectivity index (χ3n) is 1.97. The van der Waals surface area contributed by atoms with Crippen LogP contribution in [0.2, 0.25) is 0 Å². The van der Waals surface area contributed by atoms with E-state index in [1.54, 1.807) is 12.1 Å². The second-order valence-electron chi connectivity index (χ2n) is 2.76. The van der Waals surface area contributed by atoms with Gasteiger partial charge in [0.15, 0.2) is 0 Å². The van der Waals surface area contributed by atoms with Crippen molar-refractivity contribution in [2.24, 2.45) is 0 Å². The SMILES string of the molecule is CCC(c1ccccc1)[SiH](F)F. The topological polar surface area (TPSA) is 0 Å². The highest BCUT2D eigenvalue weighted by Crippen LogP contribution is 2.23. The Morgan fingerprint density at radius 1 is 1.25 bits per heavy atom. The molecule has 0 saturated heterocycles. The standard InChI is InChI=1S/C9H12F2Si/c1-2-9(12(10)11)8-6-4-3-5-7-8/h3-7,9,12H,2H2,1H3. The van der Waals surface area contributed by atoms with E-state index in [0.717, 1.165) is 5.56 Å². The van der Waals surface area contributed by atoms with Gasteiger partial charge in [-0.25, -0.2) is 0 Å². The molecule has 0 radical (unpaired) electrons. The first-order valence-corrected chi connectivity index (χ1v) is 5.62. The Bertz CT molecular complexity index is 223. The monoisotopic (exact) mass is 186 g/mol. The minimum atomic E-state index is -3.51. The fourth-order valence-electron chi connectivity index (χ4n) is 1.26. The van der Waals surface area contributed by atoms with Gasteiger partial charge in [-0.1, -0.05) is 37.3 Å². The fraction of sp³-hybridized carbons (Fsp3) is 0.333. The van der Waals surface area contributed by atoms with Crippen LogP contribution in [-0.4, -0.2) is 9.46 Å². The molecule has 0 saturated carbocycles. The predicted molar refractivity (Wildman–Crippen MR) is 48.8 cm³/mol. The van der Waals surface area contributed by atoms with Crippen molar-refractivity contribution in [2.45, 2.75) is 18.9 Å². The van der Waals surface area contributed by atoms with Gasteiger partial charge in [-0.2, -0.15) is 0 Å². The summed E-state index contributed by atoms with van der Waals surface area (Å²) in [5.74, 6) is 0. The van der Waals surface area contributed by atoms with Crippen molar-refractivity contribution < 1.29 is 8.22 Å². The van der Waals surface area contributed by atoms with Gasteiger partial charge < -0.3 is 0 Å². The van der Waals surface area contributed by atoms with Crippen molar-refractivity contribution in [1.82, 2.24) is 0 Å². The minimum absolute atomic E-state index is 0.466. The minimum Gasteiger partial charge on any atom is -0.274 e. The van der Waals surface area contributed by atoms with Gasteiger partial charge in [-0.3, -0.25) is 8.22 Å². The normalized spacial score (nSPS) is 13.3. The van der Waals surface area contributed by atoms with Crippen molar-refractivity contribution in [2.75, 3.05) is 0 Å². The number of halogens is 2. The van der Waals surface area contributed by atoms with Gasteiger partial charge in [0, 0.05) is 5.54 Å². The zero-order valence-electron chi connectivity index (χ0n) is 7.00. The molecule has 12 heavy (non-hydrogen) atoms. The molecule has 0 aliphatic carbocycles. The molecule has 0 aliphatic rings. The molecule has 0 bridgehead atoms. The van der Waals surface area contributed by atoms with E-state index in [-0.39, 0.29) is 0 Å². The summed E-state index contributed by atoms with van der Waals surface area (Å²) < 4.78 is 25.0. The molecule has 0 aromatic heterocycles. The maximum Gasteiger partial charge on any atom is 0.418 e. The van der Waals surface area contributed by atoms with Crippen LogP contribution in [0.5, 0.6) is 0 Å². The third kappa shape index (κ3) is 2.14. The number of hydrogen-bond acceptors (Lipinski definition) is 0. The average Bonchev–Trinajstić information content (AvgIpc) is 2.07. The van der Waals surface area contributed by atoms with E-state index in [2.05, 4.69) is 0 Å². The number of benzene rings is 1. The maximum absolute atomic E-state index is 12.5. The molecule has 3 heteroatoms. The van der Waals surface area contributed by atoms with Gasteiger partial charge in [-0.15, -0.1) is 0 Å². The summed E-state index contributed by atoms with van der Waals surface area (Å²) in [4.78, 5) is 0. The van der Waals surface area contributed by atoms with Crippen molar-refractivity contribution in [3.8, 4) is 0 Å². The van der Waals surface area contributed by atoms with Crippen molar-refractivity contribution in [3.63, 3.8) is 0 Å². The fourth-order valence-corrected chi connectivity index (χ4v) is 2.13. The zero-order valence-corrected chi connectivity index (χ0v) is 8.16. The molecule has 0 heterocycles. The van der Waals surface area contributed by atoms with E-state index in [9.17, 15) is 8.22 Å². The molecule has 1 aromatic rings. The van der Waals surface area contributed by atoms with E-state index in [1.165, 1.54) is 0 Å². The van der Waals surface area contributed by atoms with E-state index in [4.69, 9.17) is 0 Å². The summed E-state index contributed by atoms with van der Waals surface area (Å²) in [6, 6.07) is 9.05. The van der Waals surface area contributed by atoms with Crippen molar-refractivity contribution in [1.29, 1.82) is 0 Å². The first kappa shape index (κ1) is 9.39. The van der Waals surface area contributed by atoms with Crippen LogP contribution in [0.25, 0.3) is 0 Å². The van der Waals surface area contributed by atoms with Crippen molar-refractivity contribution >= 4 is 9.46 Å². The summed E-state index contributed by atoms with van der Waals surface area (Å²) in [6.07, 6.45) is 0.550. The van der Waals surface area contributed by atoms with Gasteiger partial charge in [0.25, 0.3) is 0 Å².